The van der Waals surface area contributed by atoms with Crippen molar-refractivity contribution in [1.29, 1.82) is 0 Å². The number of anilines is 1. The molecule has 0 radical (unpaired) electrons. The van der Waals surface area contributed by atoms with Gasteiger partial charge in [-0.2, -0.15) is 0 Å². The van der Waals surface area contributed by atoms with Crippen molar-refractivity contribution in [2.24, 2.45) is 0 Å². The van der Waals surface area contributed by atoms with E-state index in [0.29, 0.717) is 18.7 Å². The Labute approximate surface area is 106 Å². The predicted molar refractivity (Wildman–Crippen MR) is 68.3 cm³/mol. The molecule has 1 fully saturated rings. The third kappa shape index (κ3) is 3.13. The average Bonchev–Trinajstić information content (AvgIpc) is 2.62. The molecule has 6 heteroatoms. The Hall–Kier alpha value is -1.30. The first-order chi connectivity index (χ1) is 8.50. The van der Waals surface area contributed by atoms with Crippen LogP contribution in [0.1, 0.15) is 13.3 Å². The Bertz CT molecular complexity index is 530. The van der Waals surface area contributed by atoms with Crippen LogP contribution >= 0.6 is 0 Å². The largest absolute Gasteiger partial charge is 0.491 e. The summed E-state index contributed by atoms with van der Waals surface area (Å²) in [7, 11) is -2.92. The van der Waals surface area contributed by atoms with Gasteiger partial charge in [0, 0.05) is 17.8 Å². The molecule has 1 N–H and O–H groups in total. The van der Waals surface area contributed by atoms with Crippen molar-refractivity contribution in [3.05, 3.63) is 24.0 Å². The van der Waals surface area contributed by atoms with Crippen LogP contribution in [0.4, 0.5) is 10.1 Å². The molecule has 2 rings (SSSR count). The van der Waals surface area contributed by atoms with Gasteiger partial charge in [-0.25, -0.2) is 12.8 Å². The third-order valence-corrected chi connectivity index (χ3v) is 4.60. The van der Waals surface area contributed by atoms with Crippen LogP contribution < -0.4 is 10.1 Å². The molecule has 18 heavy (non-hydrogen) atoms. The smallest absolute Gasteiger partial charge is 0.167 e. The summed E-state index contributed by atoms with van der Waals surface area (Å²) in [6, 6.07) is 4.44. The summed E-state index contributed by atoms with van der Waals surface area (Å²) in [6.07, 6.45) is 0.567. The van der Waals surface area contributed by atoms with Crippen LogP contribution in [0.5, 0.6) is 5.75 Å². The molecule has 0 saturated carbocycles. The Morgan fingerprint density at radius 2 is 2.28 bits per heavy atom. The van der Waals surface area contributed by atoms with Crippen molar-refractivity contribution in [1.82, 2.24) is 0 Å². The highest BCUT2D eigenvalue weighted by molar-refractivity contribution is 7.91. The van der Waals surface area contributed by atoms with Gasteiger partial charge in [-0.1, -0.05) is 0 Å². The van der Waals surface area contributed by atoms with Crippen LogP contribution in [0.25, 0.3) is 0 Å². The number of hydrogen-bond donors (Lipinski definition) is 1. The molecule has 1 heterocycles. The number of sulfone groups is 1. The van der Waals surface area contributed by atoms with Crippen molar-refractivity contribution >= 4 is 15.5 Å². The molecular weight excluding hydrogens is 257 g/mol. The van der Waals surface area contributed by atoms with Gasteiger partial charge < -0.3 is 10.1 Å². The summed E-state index contributed by atoms with van der Waals surface area (Å²) in [6.45, 7) is 2.19. The topological polar surface area (TPSA) is 55.4 Å². The van der Waals surface area contributed by atoms with Crippen molar-refractivity contribution in [2.75, 3.05) is 23.4 Å². The first-order valence-corrected chi connectivity index (χ1v) is 7.71. The summed E-state index contributed by atoms with van der Waals surface area (Å²) in [5.41, 5.74) is 0.582. The summed E-state index contributed by atoms with van der Waals surface area (Å²) < 4.78 is 41.3. The highest BCUT2D eigenvalue weighted by Crippen LogP contribution is 2.23. The van der Waals surface area contributed by atoms with Crippen LogP contribution in [0.2, 0.25) is 0 Å². The van der Waals surface area contributed by atoms with Crippen LogP contribution in [0.3, 0.4) is 0 Å². The van der Waals surface area contributed by atoms with E-state index in [1.807, 2.05) is 0 Å². The molecule has 1 aromatic carbocycles. The van der Waals surface area contributed by atoms with Gasteiger partial charge in [0.2, 0.25) is 0 Å². The van der Waals surface area contributed by atoms with Gasteiger partial charge in [0.1, 0.15) is 0 Å². The van der Waals surface area contributed by atoms with Crippen LogP contribution in [-0.2, 0) is 9.84 Å². The molecule has 0 spiro atoms. The van der Waals surface area contributed by atoms with E-state index in [4.69, 9.17) is 4.74 Å². The monoisotopic (exact) mass is 273 g/mol. The Kier molecular flexibility index (Phi) is 3.75. The lowest BCUT2D eigenvalue weighted by atomic mass is 10.2. The van der Waals surface area contributed by atoms with Gasteiger partial charge in [-0.05, 0) is 25.5 Å². The molecule has 1 aliphatic heterocycles. The molecule has 1 aliphatic rings. The maximum atomic E-state index is 13.6. The quantitative estimate of drug-likeness (QED) is 0.909. The fourth-order valence-electron chi connectivity index (χ4n) is 2.01. The first kappa shape index (κ1) is 13.1. The minimum Gasteiger partial charge on any atom is -0.491 e. The van der Waals surface area contributed by atoms with Crippen LogP contribution in [0.15, 0.2) is 18.2 Å². The molecule has 1 aromatic rings. The van der Waals surface area contributed by atoms with Gasteiger partial charge in [0.05, 0.1) is 18.1 Å². The lowest BCUT2D eigenvalue weighted by molar-refractivity contribution is 0.321. The van der Waals surface area contributed by atoms with E-state index in [0.717, 1.165) is 0 Å². The fourth-order valence-corrected chi connectivity index (χ4v) is 3.68. The number of halogens is 1. The second-order valence-electron chi connectivity index (χ2n) is 4.32. The highest BCUT2D eigenvalue weighted by atomic mass is 32.2. The van der Waals surface area contributed by atoms with Crippen molar-refractivity contribution in [3.63, 3.8) is 0 Å². The molecular formula is C12H16FNO3S. The van der Waals surface area contributed by atoms with E-state index in [2.05, 4.69) is 5.32 Å². The van der Waals surface area contributed by atoms with Gasteiger partial charge >= 0.3 is 0 Å². The van der Waals surface area contributed by atoms with Crippen molar-refractivity contribution < 1.29 is 17.5 Å². The molecule has 1 saturated heterocycles. The normalized spacial score (nSPS) is 21.8. The Balaban J connectivity index is 2.04. The molecule has 0 aliphatic carbocycles. The van der Waals surface area contributed by atoms with Crippen molar-refractivity contribution in [3.8, 4) is 5.75 Å². The molecule has 0 amide bonds. The fraction of sp³-hybridized carbons (Fsp3) is 0.500. The van der Waals surface area contributed by atoms with Crippen molar-refractivity contribution in [2.45, 2.75) is 19.4 Å². The van der Waals surface area contributed by atoms with E-state index in [9.17, 15) is 12.8 Å². The Morgan fingerprint density at radius 3 is 2.83 bits per heavy atom. The molecule has 100 valence electrons. The van der Waals surface area contributed by atoms with Gasteiger partial charge in [0.15, 0.2) is 21.4 Å². The molecule has 1 atom stereocenters. The van der Waals surface area contributed by atoms with E-state index in [-0.39, 0.29) is 23.3 Å². The zero-order valence-corrected chi connectivity index (χ0v) is 11.0. The lowest BCUT2D eigenvalue weighted by Crippen LogP contribution is -2.20. The average molecular weight is 273 g/mol. The number of rotatable bonds is 4. The van der Waals surface area contributed by atoms with E-state index >= 15 is 0 Å². The number of nitrogens with one attached hydrogen (secondary N) is 1. The maximum absolute atomic E-state index is 13.6. The lowest BCUT2D eigenvalue weighted by Gasteiger charge is -2.13. The molecule has 1 unspecified atom stereocenters. The SMILES string of the molecule is CCOc1ccc(NC2CCS(=O)(=O)C2)cc1F. The summed E-state index contributed by atoms with van der Waals surface area (Å²) in [5.74, 6) is 0.0798. The predicted octanol–water partition coefficient (Wildman–Crippen LogP) is 1.82. The molecule has 0 bridgehead atoms. The summed E-state index contributed by atoms with van der Waals surface area (Å²) in [5, 5.41) is 3.03. The van der Waals surface area contributed by atoms with E-state index in [1.165, 1.54) is 6.07 Å². The number of ether oxygens (including phenoxy) is 1. The minimum atomic E-state index is -2.92. The maximum Gasteiger partial charge on any atom is 0.167 e. The third-order valence-electron chi connectivity index (χ3n) is 2.83. The molecule has 0 aromatic heterocycles. The molecule has 4 nitrogen and oxygen atoms in total. The van der Waals surface area contributed by atoms with Gasteiger partial charge in [-0.15, -0.1) is 0 Å². The van der Waals surface area contributed by atoms with E-state index in [1.54, 1.807) is 19.1 Å². The summed E-state index contributed by atoms with van der Waals surface area (Å²) in [4.78, 5) is 0. The van der Waals surface area contributed by atoms with Gasteiger partial charge in [0.25, 0.3) is 0 Å². The van der Waals surface area contributed by atoms with Gasteiger partial charge in [-0.3, -0.25) is 0 Å². The minimum absolute atomic E-state index is 0.113. The second kappa shape index (κ2) is 5.14. The second-order valence-corrected chi connectivity index (χ2v) is 6.55. The van der Waals surface area contributed by atoms with Crippen LogP contribution in [0, 0.1) is 5.82 Å². The summed E-state index contributed by atoms with van der Waals surface area (Å²) >= 11 is 0. The first-order valence-electron chi connectivity index (χ1n) is 5.89. The zero-order chi connectivity index (χ0) is 13.2. The highest BCUT2D eigenvalue weighted by Gasteiger charge is 2.27. The zero-order valence-electron chi connectivity index (χ0n) is 10.1. The standard InChI is InChI=1S/C12H16FNO3S/c1-2-17-12-4-3-9(7-11(12)13)14-10-5-6-18(15,16)8-10/h3-4,7,10,14H,2,5-6,8H2,1H3. The number of hydrogen-bond acceptors (Lipinski definition) is 4. The number of benzene rings is 1. The van der Waals surface area contributed by atoms with Crippen LogP contribution in [-0.4, -0.2) is 32.6 Å². The Morgan fingerprint density at radius 1 is 1.50 bits per heavy atom. The van der Waals surface area contributed by atoms with E-state index < -0.39 is 15.7 Å².